The number of benzene rings is 3. The first-order chi connectivity index (χ1) is 11.2. The Morgan fingerprint density at radius 2 is 1.61 bits per heavy atom. The molecule has 0 radical (unpaired) electrons. The summed E-state index contributed by atoms with van der Waals surface area (Å²) in [7, 11) is 0. The molecule has 0 saturated heterocycles. The van der Waals surface area contributed by atoms with Crippen LogP contribution in [0.1, 0.15) is 11.4 Å². The molecule has 114 valence electrons. The number of aryl methyl sites for hydroxylation is 2. The van der Waals surface area contributed by atoms with Crippen molar-refractivity contribution in [2.75, 3.05) is 0 Å². The molecule has 0 aliphatic rings. The molecular formula is C19H14F2N2. The molecule has 4 aromatic rings. The number of halogens is 2. The lowest BCUT2D eigenvalue weighted by Gasteiger charge is -2.02. The van der Waals surface area contributed by atoms with Gasteiger partial charge in [0.15, 0.2) is 11.6 Å². The molecule has 4 rings (SSSR count). The molecule has 1 aromatic heterocycles. The number of hydrogen-bond donors (Lipinski definition) is 1. The van der Waals surface area contributed by atoms with E-state index >= 15 is 0 Å². The van der Waals surface area contributed by atoms with Gasteiger partial charge in [0.25, 0.3) is 0 Å². The summed E-state index contributed by atoms with van der Waals surface area (Å²) in [5, 5.41) is 2.42. The highest BCUT2D eigenvalue weighted by Gasteiger charge is 2.09. The van der Waals surface area contributed by atoms with Crippen molar-refractivity contribution in [1.82, 2.24) is 9.97 Å². The van der Waals surface area contributed by atoms with Crippen LogP contribution in [-0.4, -0.2) is 9.97 Å². The second-order valence-electron chi connectivity index (χ2n) is 5.65. The van der Waals surface area contributed by atoms with E-state index in [9.17, 15) is 8.78 Å². The van der Waals surface area contributed by atoms with E-state index in [-0.39, 0.29) is 0 Å². The molecule has 23 heavy (non-hydrogen) atoms. The van der Waals surface area contributed by atoms with E-state index < -0.39 is 11.6 Å². The molecule has 0 fully saturated rings. The fourth-order valence-corrected chi connectivity index (χ4v) is 2.83. The van der Waals surface area contributed by atoms with Gasteiger partial charge in [-0.1, -0.05) is 42.5 Å². The predicted octanol–water partition coefficient (Wildman–Crippen LogP) is 4.78. The zero-order chi connectivity index (χ0) is 15.8. The number of H-pyrrole nitrogens is 1. The van der Waals surface area contributed by atoms with Gasteiger partial charge in [-0.3, -0.25) is 0 Å². The summed E-state index contributed by atoms with van der Waals surface area (Å²) in [6, 6.07) is 16.9. The van der Waals surface area contributed by atoms with Gasteiger partial charge in [-0.15, -0.1) is 0 Å². The predicted molar refractivity (Wildman–Crippen MR) is 87.4 cm³/mol. The highest BCUT2D eigenvalue weighted by atomic mass is 19.2. The Labute approximate surface area is 131 Å². The van der Waals surface area contributed by atoms with Gasteiger partial charge < -0.3 is 4.98 Å². The van der Waals surface area contributed by atoms with Gasteiger partial charge in [0.1, 0.15) is 5.82 Å². The molecule has 2 nitrogen and oxygen atoms in total. The maximum atomic E-state index is 13.2. The van der Waals surface area contributed by atoms with E-state index in [2.05, 4.69) is 40.3 Å². The number of imidazole rings is 1. The molecule has 3 aromatic carbocycles. The van der Waals surface area contributed by atoms with Gasteiger partial charge in [-0.05, 0) is 22.8 Å². The summed E-state index contributed by atoms with van der Waals surface area (Å²) >= 11 is 0. The van der Waals surface area contributed by atoms with Gasteiger partial charge in [-0.25, -0.2) is 13.8 Å². The van der Waals surface area contributed by atoms with Crippen molar-refractivity contribution < 1.29 is 8.78 Å². The van der Waals surface area contributed by atoms with Crippen LogP contribution in [0.2, 0.25) is 0 Å². The van der Waals surface area contributed by atoms with Gasteiger partial charge in [-0.2, -0.15) is 0 Å². The van der Waals surface area contributed by atoms with E-state index in [0.29, 0.717) is 17.5 Å². The van der Waals surface area contributed by atoms with Crippen LogP contribution in [0.4, 0.5) is 8.78 Å². The zero-order valence-electron chi connectivity index (χ0n) is 12.3. The Kier molecular flexibility index (Phi) is 3.30. The fourth-order valence-electron chi connectivity index (χ4n) is 2.83. The van der Waals surface area contributed by atoms with E-state index in [1.54, 1.807) is 0 Å². The molecular weight excluding hydrogens is 294 g/mol. The summed E-state index contributed by atoms with van der Waals surface area (Å²) in [6.45, 7) is 0. The summed E-state index contributed by atoms with van der Waals surface area (Å²) in [5.74, 6) is -0.995. The second-order valence-corrected chi connectivity index (χ2v) is 5.65. The van der Waals surface area contributed by atoms with Crippen molar-refractivity contribution in [3.63, 3.8) is 0 Å². The number of nitrogens with zero attached hydrogens (tertiary/aromatic N) is 1. The van der Waals surface area contributed by atoms with E-state index in [4.69, 9.17) is 0 Å². The molecule has 0 bridgehead atoms. The summed E-state index contributed by atoms with van der Waals surface area (Å²) < 4.78 is 26.5. The van der Waals surface area contributed by atoms with Gasteiger partial charge >= 0.3 is 0 Å². The van der Waals surface area contributed by atoms with E-state index in [0.717, 1.165) is 24.4 Å². The van der Waals surface area contributed by atoms with Crippen LogP contribution in [0.5, 0.6) is 0 Å². The van der Waals surface area contributed by atoms with Crippen LogP contribution in [0.25, 0.3) is 21.8 Å². The Hall–Kier alpha value is -2.75. The number of nitrogens with one attached hydrogen (secondary N) is 1. The molecule has 1 heterocycles. The van der Waals surface area contributed by atoms with E-state index in [1.807, 2.05) is 12.1 Å². The average molecular weight is 308 g/mol. The third kappa shape index (κ3) is 2.68. The molecule has 4 heteroatoms. The van der Waals surface area contributed by atoms with E-state index in [1.165, 1.54) is 16.3 Å². The molecule has 0 aliphatic heterocycles. The second kappa shape index (κ2) is 5.47. The highest BCUT2D eigenvalue weighted by Crippen LogP contribution is 2.19. The molecule has 0 spiro atoms. The Morgan fingerprint density at radius 3 is 2.48 bits per heavy atom. The minimum absolute atomic E-state index is 0.456. The normalized spacial score (nSPS) is 11.4. The lowest BCUT2D eigenvalue weighted by atomic mass is 10.0. The van der Waals surface area contributed by atoms with Crippen molar-refractivity contribution in [3.05, 3.63) is 77.6 Å². The minimum Gasteiger partial charge on any atom is -0.342 e. The Bertz CT molecular complexity index is 966. The highest BCUT2D eigenvalue weighted by molar-refractivity contribution is 5.83. The molecule has 0 atom stereocenters. The van der Waals surface area contributed by atoms with Crippen LogP contribution in [0.3, 0.4) is 0 Å². The molecule has 0 aliphatic carbocycles. The number of hydrogen-bond acceptors (Lipinski definition) is 1. The first kappa shape index (κ1) is 13.9. The van der Waals surface area contributed by atoms with Gasteiger partial charge in [0, 0.05) is 18.6 Å². The molecule has 0 unspecified atom stereocenters. The van der Waals surface area contributed by atoms with Crippen LogP contribution >= 0.6 is 0 Å². The lowest BCUT2D eigenvalue weighted by molar-refractivity contribution is 0.510. The monoisotopic (exact) mass is 308 g/mol. The number of fused-ring (bicyclic) bond motifs is 2. The van der Waals surface area contributed by atoms with Gasteiger partial charge in [0.05, 0.1) is 11.0 Å². The quantitative estimate of drug-likeness (QED) is 0.580. The summed E-state index contributed by atoms with van der Waals surface area (Å²) in [4.78, 5) is 7.38. The Balaban J connectivity index is 1.57. The van der Waals surface area contributed by atoms with Crippen molar-refractivity contribution >= 4 is 21.8 Å². The first-order valence-electron chi connectivity index (χ1n) is 7.50. The number of aromatic nitrogens is 2. The minimum atomic E-state index is -0.870. The van der Waals surface area contributed by atoms with Crippen molar-refractivity contribution in [3.8, 4) is 0 Å². The summed E-state index contributed by atoms with van der Waals surface area (Å²) in [5.41, 5.74) is 2.19. The van der Waals surface area contributed by atoms with Crippen molar-refractivity contribution in [2.45, 2.75) is 12.8 Å². The maximum absolute atomic E-state index is 13.2. The van der Waals surface area contributed by atoms with Gasteiger partial charge in [0.2, 0.25) is 0 Å². The number of rotatable bonds is 3. The van der Waals surface area contributed by atoms with Crippen LogP contribution < -0.4 is 0 Å². The average Bonchev–Trinajstić information content (AvgIpc) is 2.95. The third-order valence-corrected chi connectivity index (χ3v) is 4.04. The molecule has 1 N–H and O–H groups in total. The van der Waals surface area contributed by atoms with Crippen LogP contribution in [0.15, 0.2) is 54.6 Å². The number of aromatic amines is 1. The lowest BCUT2D eigenvalue weighted by Crippen LogP contribution is -1.93. The topological polar surface area (TPSA) is 28.7 Å². The molecule has 0 amide bonds. The Morgan fingerprint density at radius 1 is 0.826 bits per heavy atom. The van der Waals surface area contributed by atoms with Crippen molar-refractivity contribution in [2.24, 2.45) is 0 Å². The SMILES string of the molecule is Fc1cc2nc(CCc3ccc4ccccc4c3)[nH]c2cc1F. The third-order valence-electron chi connectivity index (χ3n) is 4.04. The summed E-state index contributed by atoms with van der Waals surface area (Å²) in [6.07, 6.45) is 1.51. The fraction of sp³-hybridized carbons (Fsp3) is 0.105. The maximum Gasteiger partial charge on any atom is 0.161 e. The zero-order valence-corrected chi connectivity index (χ0v) is 12.3. The van der Waals surface area contributed by atoms with Crippen LogP contribution in [0, 0.1) is 11.6 Å². The van der Waals surface area contributed by atoms with Crippen LogP contribution in [-0.2, 0) is 12.8 Å². The van der Waals surface area contributed by atoms with Crippen molar-refractivity contribution in [1.29, 1.82) is 0 Å². The molecule has 0 saturated carbocycles. The largest absolute Gasteiger partial charge is 0.342 e. The smallest absolute Gasteiger partial charge is 0.161 e. The standard InChI is InChI=1S/C19H14F2N2/c20-15-10-17-18(11-16(15)21)23-19(22-17)8-6-12-5-7-13-3-1-2-4-14(13)9-12/h1-5,7,9-11H,6,8H2,(H,22,23). The first-order valence-corrected chi connectivity index (χ1v) is 7.50.